The zero-order valence-electron chi connectivity index (χ0n) is 12.8. The van der Waals surface area contributed by atoms with Crippen LogP contribution in [0.3, 0.4) is 0 Å². The van der Waals surface area contributed by atoms with Crippen molar-refractivity contribution in [2.75, 3.05) is 25.4 Å². The quantitative estimate of drug-likeness (QED) is 0.840. The molecule has 1 aromatic rings. The van der Waals surface area contributed by atoms with Gasteiger partial charge < -0.3 is 0 Å². The summed E-state index contributed by atoms with van der Waals surface area (Å²) in [4.78, 5) is 2.43. The first kappa shape index (κ1) is 16.5. The molecule has 0 bridgehead atoms. The highest BCUT2D eigenvalue weighted by atomic mass is 32.2. The first-order chi connectivity index (χ1) is 10.1. The van der Waals surface area contributed by atoms with Crippen LogP contribution in [0.15, 0.2) is 30.3 Å². The van der Waals surface area contributed by atoms with Crippen molar-refractivity contribution in [2.24, 2.45) is 5.92 Å². The number of benzene rings is 1. The summed E-state index contributed by atoms with van der Waals surface area (Å²) in [5.41, 5.74) is 1.32. The lowest BCUT2D eigenvalue weighted by molar-refractivity contribution is 0.169. The molecular weight excluding hydrogens is 284 g/mol. The number of nitrogens with zero attached hydrogens (tertiary/aromatic N) is 1. The molecule has 5 heteroatoms. The summed E-state index contributed by atoms with van der Waals surface area (Å²) in [7, 11) is -3.08. The maximum absolute atomic E-state index is 11.7. The van der Waals surface area contributed by atoms with Crippen LogP contribution in [0.25, 0.3) is 0 Å². The fourth-order valence-electron chi connectivity index (χ4n) is 2.89. The summed E-state index contributed by atoms with van der Waals surface area (Å²) in [6.07, 6.45) is 2.92. The average molecular weight is 310 g/mol. The first-order valence-corrected chi connectivity index (χ1v) is 9.48. The minimum Gasteiger partial charge on any atom is -0.299 e. The summed E-state index contributed by atoms with van der Waals surface area (Å²) in [6.45, 7) is 5.50. The molecule has 4 nitrogen and oxygen atoms in total. The van der Waals surface area contributed by atoms with Gasteiger partial charge in [0, 0.05) is 19.6 Å². The second-order valence-corrected chi connectivity index (χ2v) is 7.82. The van der Waals surface area contributed by atoms with Crippen LogP contribution in [0.2, 0.25) is 0 Å². The average Bonchev–Trinajstić information content (AvgIpc) is 2.47. The molecule has 1 atom stereocenters. The van der Waals surface area contributed by atoms with Crippen LogP contribution in [-0.4, -0.2) is 38.7 Å². The molecule has 0 saturated carbocycles. The second-order valence-electron chi connectivity index (χ2n) is 5.90. The highest BCUT2D eigenvalue weighted by molar-refractivity contribution is 7.89. The van der Waals surface area contributed by atoms with E-state index < -0.39 is 10.0 Å². The highest BCUT2D eigenvalue weighted by Crippen LogP contribution is 2.18. The molecule has 0 amide bonds. The topological polar surface area (TPSA) is 49.4 Å². The fourth-order valence-corrected chi connectivity index (χ4v) is 4.06. The van der Waals surface area contributed by atoms with Crippen LogP contribution >= 0.6 is 0 Å². The van der Waals surface area contributed by atoms with Crippen molar-refractivity contribution in [2.45, 2.75) is 32.7 Å². The van der Waals surface area contributed by atoms with Gasteiger partial charge in [0.25, 0.3) is 0 Å². The van der Waals surface area contributed by atoms with Crippen molar-refractivity contribution in [3.63, 3.8) is 0 Å². The van der Waals surface area contributed by atoms with Gasteiger partial charge in [-0.15, -0.1) is 0 Å². The monoisotopic (exact) mass is 310 g/mol. The Labute approximate surface area is 128 Å². The molecule has 1 aromatic carbocycles. The predicted molar refractivity (Wildman–Crippen MR) is 86.5 cm³/mol. The lowest BCUT2D eigenvalue weighted by Gasteiger charge is -2.32. The summed E-state index contributed by atoms with van der Waals surface area (Å²) in [5.74, 6) is 0.655. The Kier molecular flexibility index (Phi) is 6.21. The van der Waals surface area contributed by atoms with Crippen molar-refractivity contribution in [1.29, 1.82) is 0 Å². The van der Waals surface area contributed by atoms with Crippen LogP contribution in [-0.2, 0) is 16.6 Å². The summed E-state index contributed by atoms with van der Waals surface area (Å²) >= 11 is 0. The summed E-state index contributed by atoms with van der Waals surface area (Å²) < 4.78 is 26.2. The maximum Gasteiger partial charge on any atom is 0.211 e. The number of hydrogen-bond acceptors (Lipinski definition) is 3. The van der Waals surface area contributed by atoms with Gasteiger partial charge >= 0.3 is 0 Å². The zero-order chi connectivity index (χ0) is 15.1. The van der Waals surface area contributed by atoms with E-state index in [0.29, 0.717) is 18.9 Å². The third kappa shape index (κ3) is 5.77. The van der Waals surface area contributed by atoms with Crippen molar-refractivity contribution in [3.8, 4) is 0 Å². The molecule has 1 heterocycles. The Morgan fingerprint density at radius 3 is 2.76 bits per heavy atom. The van der Waals surface area contributed by atoms with E-state index in [1.807, 2.05) is 13.0 Å². The van der Waals surface area contributed by atoms with Crippen LogP contribution in [0.1, 0.15) is 31.7 Å². The lowest BCUT2D eigenvalue weighted by Crippen LogP contribution is -2.41. The molecule has 0 radical (unpaired) electrons. The maximum atomic E-state index is 11.7. The van der Waals surface area contributed by atoms with Gasteiger partial charge in [0.1, 0.15) is 0 Å². The molecule has 21 heavy (non-hydrogen) atoms. The summed E-state index contributed by atoms with van der Waals surface area (Å²) in [5, 5.41) is 0. The van der Waals surface area contributed by atoms with Crippen molar-refractivity contribution in [1.82, 2.24) is 9.62 Å². The normalized spacial score (nSPS) is 20.5. The van der Waals surface area contributed by atoms with Gasteiger partial charge in [0.15, 0.2) is 0 Å². The standard InChI is InChI=1S/C16H26N2O2S/c1-2-11-21(19,20)17-12-16-9-6-10-18(14-16)13-15-7-4-3-5-8-15/h3-5,7-8,16-17H,2,6,9-14H2,1H3/t16-/m0/s1. The van der Waals surface area contributed by atoms with Crippen molar-refractivity contribution in [3.05, 3.63) is 35.9 Å². The number of piperidine rings is 1. The summed E-state index contributed by atoms with van der Waals surface area (Å²) in [6, 6.07) is 10.5. The molecule has 2 rings (SSSR count). The molecule has 0 aliphatic carbocycles. The van der Waals surface area contributed by atoms with E-state index in [-0.39, 0.29) is 5.75 Å². The Hall–Kier alpha value is -0.910. The molecule has 1 saturated heterocycles. The molecule has 0 aromatic heterocycles. The molecule has 0 spiro atoms. The first-order valence-electron chi connectivity index (χ1n) is 7.82. The Morgan fingerprint density at radius 2 is 2.05 bits per heavy atom. The predicted octanol–water partition coefficient (Wildman–Crippen LogP) is 2.23. The SMILES string of the molecule is CCCS(=O)(=O)NC[C@@H]1CCCN(Cc2ccccc2)C1. The van der Waals surface area contributed by atoms with Gasteiger partial charge in [-0.2, -0.15) is 0 Å². The molecular formula is C16H26N2O2S. The van der Waals surface area contributed by atoms with Gasteiger partial charge in [-0.1, -0.05) is 37.3 Å². The van der Waals surface area contributed by atoms with E-state index in [9.17, 15) is 8.42 Å². The molecule has 0 unspecified atom stereocenters. The third-order valence-corrected chi connectivity index (χ3v) is 5.47. The van der Waals surface area contributed by atoms with Gasteiger partial charge in [0.05, 0.1) is 5.75 Å². The minimum absolute atomic E-state index is 0.230. The second kappa shape index (κ2) is 7.92. The Balaban J connectivity index is 1.81. The lowest BCUT2D eigenvalue weighted by atomic mass is 9.98. The number of rotatable bonds is 7. The smallest absolute Gasteiger partial charge is 0.211 e. The Bertz CT molecular complexity index is 516. The molecule has 1 aliphatic heterocycles. The van der Waals surface area contributed by atoms with Gasteiger partial charge in [-0.3, -0.25) is 4.90 Å². The fraction of sp³-hybridized carbons (Fsp3) is 0.625. The number of nitrogens with one attached hydrogen (secondary N) is 1. The van der Waals surface area contributed by atoms with E-state index in [0.717, 1.165) is 32.5 Å². The van der Waals surface area contributed by atoms with Crippen LogP contribution in [0.4, 0.5) is 0 Å². The van der Waals surface area contributed by atoms with Gasteiger partial charge in [-0.25, -0.2) is 13.1 Å². The van der Waals surface area contributed by atoms with E-state index in [2.05, 4.69) is 33.9 Å². The molecule has 1 fully saturated rings. The van der Waals surface area contributed by atoms with Crippen LogP contribution in [0, 0.1) is 5.92 Å². The highest BCUT2D eigenvalue weighted by Gasteiger charge is 2.21. The minimum atomic E-state index is -3.08. The molecule has 118 valence electrons. The van der Waals surface area contributed by atoms with Crippen LogP contribution < -0.4 is 4.72 Å². The van der Waals surface area contributed by atoms with E-state index in [1.165, 1.54) is 5.56 Å². The van der Waals surface area contributed by atoms with E-state index in [1.54, 1.807) is 0 Å². The van der Waals surface area contributed by atoms with Crippen molar-refractivity contribution < 1.29 is 8.42 Å². The Morgan fingerprint density at radius 1 is 1.29 bits per heavy atom. The van der Waals surface area contributed by atoms with Gasteiger partial charge in [-0.05, 0) is 37.3 Å². The number of likely N-dealkylation sites (tertiary alicyclic amines) is 1. The van der Waals surface area contributed by atoms with E-state index in [4.69, 9.17) is 0 Å². The van der Waals surface area contributed by atoms with E-state index >= 15 is 0 Å². The largest absolute Gasteiger partial charge is 0.299 e. The number of hydrogen-bond donors (Lipinski definition) is 1. The zero-order valence-corrected chi connectivity index (χ0v) is 13.6. The van der Waals surface area contributed by atoms with Crippen molar-refractivity contribution >= 4 is 10.0 Å². The third-order valence-electron chi connectivity index (χ3n) is 3.92. The number of sulfonamides is 1. The molecule has 1 N–H and O–H groups in total. The van der Waals surface area contributed by atoms with Crippen LogP contribution in [0.5, 0.6) is 0 Å². The van der Waals surface area contributed by atoms with Gasteiger partial charge in [0.2, 0.25) is 10.0 Å². The molecule has 1 aliphatic rings.